The van der Waals surface area contributed by atoms with Gasteiger partial charge in [-0.1, -0.05) is 13.0 Å². The highest BCUT2D eigenvalue weighted by Crippen LogP contribution is 2.01. The average Bonchev–Trinajstić information content (AvgIpc) is 2.78. The largest absolute Gasteiger partial charge is 0.466 e. The predicted octanol–water partition coefficient (Wildman–Crippen LogP) is 0.457. The van der Waals surface area contributed by atoms with Crippen LogP contribution in [0.15, 0.2) is 18.0 Å². The van der Waals surface area contributed by atoms with Crippen LogP contribution in [-0.4, -0.2) is 40.9 Å². The topological polar surface area (TPSA) is 69.0 Å². The maximum Gasteiger partial charge on any atom is 0.333 e. The van der Waals surface area contributed by atoms with Gasteiger partial charge in [0, 0.05) is 32.1 Å². The fourth-order valence-electron chi connectivity index (χ4n) is 1.50. The molecular formula is C12H20N4O2. The van der Waals surface area contributed by atoms with Crippen LogP contribution in [0.1, 0.15) is 19.2 Å². The lowest BCUT2D eigenvalue weighted by Crippen LogP contribution is -2.19. The van der Waals surface area contributed by atoms with Gasteiger partial charge in [-0.2, -0.15) is 5.10 Å². The highest BCUT2D eigenvalue weighted by molar-refractivity contribution is 5.88. The molecule has 0 saturated heterocycles. The predicted molar refractivity (Wildman–Crippen MR) is 68.0 cm³/mol. The van der Waals surface area contributed by atoms with Gasteiger partial charge >= 0.3 is 5.97 Å². The summed E-state index contributed by atoms with van der Waals surface area (Å²) in [6.07, 6.45) is 4.99. The van der Waals surface area contributed by atoms with Gasteiger partial charge in [0.1, 0.15) is 6.33 Å². The first-order valence-corrected chi connectivity index (χ1v) is 6.00. The van der Waals surface area contributed by atoms with E-state index in [9.17, 15) is 4.79 Å². The Morgan fingerprint density at radius 3 is 2.94 bits per heavy atom. The zero-order valence-electron chi connectivity index (χ0n) is 11.1. The summed E-state index contributed by atoms with van der Waals surface area (Å²) in [5.41, 5.74) is 0.695. The van der Waals surface area contributed by atoms with Crippen LogP contribution in [0.5, 0.6) is 0 Å². The van der Waals surface area contributed by atoms with Crippen LogP contribution < -0.4 is 5.32 Å². The second-order valence-electron chi connectivity index (χ2n) is 3.86. The Balaban J connectivity index is 2.25. The third-order valence-electron chi connectivity index (χ3n) is 2.49. The van der Waals surface area contributed by atoms with Gasteiger partial charge in [0.25, 0.3) is 0 Å². The number of carbonyl (C=O) groups excluding carboxylic acids is 1. The van der Waals surface area contributed by atoms with Crippen LogP contribution in [0.25, 0.3) is 0 Å². The summed E-state index contributed by atoms with van der Waals surface area (Å²) in [4.78, 5) is 15.4. The summed E-state index contributed by atoms with van der Waals surface area (Å²) < 4.78 is 6.36. The number of methoxy groups -OCH3 is 1. The second kappa shape index (κ2) is 7.60. The van der Waals surface area contributed by atoms with Gasteiger partial charge in [0.2, 0.25) is 0 Å². The molecule has 0 aliphatic carbocycles. The van der Waals surface area contributed by atoms with Crippen molar-refractivity contribution in [2.45, 2.75) is 19.8 Å². The molecule has 0 atom stereocenters. The Morgan fingerprint density at radius 1 is 1.61 bits per heavy atom. The van der Waals surface area contributed by atoms with Crippen LogP contribution >= 0.6 is 0 Å². The molecule has 0 bridgehead atoms. The number of esters is 1. The minimum absolute atomic E-state index is 0.259. The molecule has 1 N–H and O–H groups in total. The van der Waals surface area contributed by atoms with Crippen molar-refractivity contribution in [1.29, 1.82) is 0 Å². The van der Waals surface area contributed by atoms with Crippen LogP contribution in [-0.2, 0) is 23.0 Å². The van der Waals surface area contributed by atoms with E-state index in [0.29, 0.717) is 18.5 Å². The fraction of sp³-hybridized carbons (Fsp3) is 0.583. The molecule has 18 heavy (non-hydrogen) atoms. The Bertz CT molecular complexity index is 412. The fourth-order valence-corrected chi connectivity index (χ4v) is 1.50. The normalized spacial score (nSPS) is 11.6. The Kier molecular flexibility index (Phi) is 6.07. The van der Waals surface area contributed by atoms with Crippen molar-refractivity contribution in [3.8, 4) is 0 Å². The summed E-state index contributed by atoms with van der Waals surface area (Å²) in [5, 5.41) is 7.39. The van der Waals surface area contributed by atoms with E-state index in [-0.39, 0.29) is 5.97 Å². The van der Waals surface area contributed by atoms with Gasteiger partial charge in [-0.25, -0.2) is 9.78 Å². The number of nitrogens with one attached hydrogen (secondary N) is 1. The van der Waals surface area contributed by atoms with Crippen molar-refractivity contribution < 1.29 is 9.53 Å². The summed E-state index contributed by atoms with van der Waals surface area (Å²) in [7, 11) is 3.24. The monoisotopic (exact) mass is 252 g/mol. The van der Waals surface area contributed by atoms with E-state index in [1.54, 1.807) is 11.0 Å². The molecule has 0 aliphatic rings. The summed E-state index contributed by atoms with van der Waals surface area (Å²) in [6.45, 7) is 3.35. The number of aryl methyl sites for hydroxylation is 1. The van der Waals surface area contributed by atoms with E-state index < -0.39 is 0 Å². The standard InChI is InChI=1S/C12H20N4O2/c1-4-10(12(17)18-3)5-7-13-8-6-11-14-9-16(2)15-11/h5,9,13H,4,6-8H2,1-3H3. The highest BCUT2D eigenvalue weighted by Gasteiger charge is 2.05. The molecule has 1 rings (SSSR count). The number of aromatic nitrogens is 3. The van der Waals surface area contributed by atoms with Crippen LogP contribution in [0.3, 0.4) is 0 Å². The van der Waals surface area contributed by atoms with E-state index in [1.807, 2.05) is 20.0 Å². The average molecular weight is 252 g/mol. The number of ether oxygens (including phenoxy) is 1. The van der Waals surface area contributed by atoms with Gasteiger partial charge in [-0.05, 0) is 6.42 Å². The third kappa shape index (κ3) is 4.67. The minimum atomic E-state index is -0.259. The number of carbonyl (C=O) groups is 1. The molecule has 0 aromatic carbocycles. The van der Waals surface area contributed by atoms with Gasteiger partial charge in [-0.15, -0.1) is 0 Å². The molecule has 6 heteroatoms. The van der Waals surface area contributed by atoms with E-state index in [0.717, 1.165) is 18.8 Å². The van der Waals surface area contributed by atoms with E-state index in [4.69, 9.17) is 0 Å². The Hall–Kier alpha value is -1.69. The smallest absolute Gasteiger partial charge is 0.333 e. The lowest BCUT2D eigenvalue weighted by molar-refractivity contribution is -0.136. The molecule has 1 aromatic rings. The maximum absolute atomic E-state index is 11.3. The van der Waals surface area contributed by atoms with Crippen molar-refractivity contribution in [1.82, 2.24) is 20.1 Å². The zero-order valence-corrected chi connectivity index (χ0v) is 11.1. The summed E-state index contributed by atoms with van der Waals surface area (Å²) in [6, 6.07) is 0. The lowest BCUT2D eigenvalue weighted by atomic mass is 10.2. The molecule has 1 heterocycles. The molecular weight excluding hydrogens is 232 g/mol. The van der Waals surface area contributed by atoms with Crippen molar-refractivity contribution in [3.05, 3.63) is 23.8 Å². The van der Waals surface area contributed by atoms with E-state index >= 15 is 0 Å². The quantitative estimate of drug-likeness (QED) is 0.433. The van der Waals surface area contributed by atoms with Gasteiger partial charge < -0.3 is 10.1 Å². The van der Waals surface area contributed by atoms with Crippen molar-refractivity contribution in [2.24, 2.45) is 7.05 Å². The molecule has 0 aliphatic heterocycles. The van der Waals surface area contributed by atoms with Gasteiger partial charge in [0.05, 0.1) is 7.11 Å². The molecule has 0 saturated carbocycles. The number of hydrogen-bond acceptors (Lipinski definition) is 5. The molecule has 6 nitrogen and oxygen atoms in total. The highest BCUT2D eigenvalue weighted by atomic mass is 16.5. The van der Waals surface area contributed by atoms with Crippen LogP contribution in [0.4, 0.5) is 0 Å². The van der Waals surface area contributed by atoms with Crippen molar-refractivity contribution in [3.63, 3.8) is 0 Å². The molecule has 100 valence electrons. The first kappa shape index (κ1) is 14.4. The van der Waals surface area contributed by atoms with Gasteiger partial charge in [-0.3, -0.25) is 4.68 Å². The maximum atomic E-state index is 11.3. The van der Waals surface area contributed by atoms with Gasteiger partial charge in [0.15, 0.2) is 5.82 Å². The molecule has 0 radical (unpaired) electrons. The number of rotatable bonds is 7. The molecule has 0 unspecified atom stereocenters. The molecule has 0 fully saturated rings. The summed E-state index contributed by atoms with van der Waals surface area (Å²) in [5.74, 6) is 0.559. The summed E-state index contributed by atoms with van der Waals surface area (Å²) >= 11 is 0. The Morgan fingerprint density at radius 2 is 2.39 bits per heavy atom. The first-order chi connectivity index (χ1) is 8.67. The number of hydrogen-bond donors (Lipinski definition) is 1. The van der Waals surface area contributed by atoms with Crippen molar-refractivity contribution >= 4 is 5.97 Å². The minimum Gasteiger partial charge on any atom is -0.466 e. The van der Waals surface area contributed by atoms with E-state index in [1.165, 1.54) is 7.11 Å². The lowest BCUT2D eigenvalue weighted by Gasteiger charge is -2.03. The molecule has 0 spiro atoms. The second-order valence-corrected chi connectivity index (χ2v) is 3.86. The van der Waals surface area contributed by atoms with E-state index in [2.05, 4.69) is 20.1 Å². The third-order valence-corrected chi connectivity index (χ3v) is 2.49. The van der Waals surface area contributed by atoms with Crippen molar-refractivity contribution in [2.75, 3.05) is 20.2 Å². The Labute approximate surface area is 107 Å². The molecule has 0 amide bonds. The molecule has 1 aromatic heterocycles. The number of nitrogens with zero attached hydrogens (tertiary/aromatic N) is 3. The van der Waals surface area contributed by atoms with Crippen LogP contribution in [0, 0.1) is 0 Å². The first-order valence-electron chi connectivity index (χ1n) is 6.00. The zero-order chi connectivity index (χ0) is 13.4. The SMILES string of the molecule is CCC(=CCNCCc1ncn(C)n1)C(=O)OC. The van der Waals surface area contributed by atoms with Crippen LogP contribution in [0.2, 0.25) is 0 Å².